The standard InChI is InChI=1S/C25H31N5O4/c1-17(26-25(31)18-6-5-7-20(14-18)32-2)24-28-27-23-10-11-29(12-13-30(23)24)16-19-15-21(33-3)8-9-22(19)34-4/h5-9,14-15,17H,10-13,16H2,1-4H3,(H,26,31). The fraction of sp³-hybridized carbons (Fsp3) is 0.400. The summed E-state index contributed by atoms with van der Waals surface area (Å²) in [6.07, 6.45) is 0.774. The molecule has 0 bridgehead atoms. The van der Waals surface area contributed by atoms with Crippen LogP contribution in [0.2, 0.25) is 0 Å². The maximum absolute atomic E-state index is 12.8. The highest BCUT2D eigenvalue weighted by molar-refractivity contribution is 5.94. The lowest BCUT2D eigenvalue weighted by Gasteiger charge is -2.21. The first-order valence-electron chi connectivity index (χ1n) is 11.3. The second-order valence-corrected chi connectivity index (χ2v) is 8.26. The molecule has 4 rings (SSSR count). The van der Waals surface area contributed by atoms with E-state index in [0.717, 1.165) is 61.3 Å². The minimum absolute atomic E-state index is 0.177. The lowest BCUT2D eigenvalue weighted by molar-refractivity contribution is 0.0937. The molecule has 2 aromatic carbocycles. The first-order chi connectivity index (χ1) is 16.5. The summed E-state index contributed by atoms with van der Waals surface area (Å²) >= 11 is 0. The van der Waals surface area contributed by atoms with Gasteiger partial charge in [0.1, 0.15) is 23.1 Å². The molecule has 1 aromatic heterocycles. The summed E-state index contributed by atoms with van der Waals surface area (Å²) in [4.78, 5) is 15.1. The van der Waals surface area contributed by atoms with Gasteiger partial charge < -0.3 is 24.1 Å². The molecule has 9 nitrogen and oxygen atoms in total. The van der Waals surface area contributed by atoms with Crippen LogP contribution in [0.25, 0.3) is 0 Å². The van der Waals surface area contributed by atoms with Gasteiger partial charge in [-0.05, 0) is 43.3 Å². The number of hydrogen-bond acceptors (Lipinski definition) is 7. The molecular weight excluding hydrogens is 434 g/mol. The Kier molecular flexibility index (Phi) is 7.32. The number of rotatable bonds is 8. The van der Waals surface area contributed by atoms with Crippen molar-refractivity contribution in [3.05, 3.63) is 65.2 Å². The van der Waals surface area contributed by atoms with E-state index >= 15 is 0 Å². The van der Waals surface area contributed by atoms with Gasteiger partial charge in [0.25, 0.3) is 5.91 Å². The van der Waals surface area contributed by atoms with E-state index in [4.69, 9.17) is 14.2 Å². The monoisotopic (exact) mass is 465 g/mol. The summed E-state index contributed by atoms with van der Waals surface area (Å²) in [5.74, 6) is 3.81. The smallest absolute Gasteiger partial charge is 0.251 e. The number of carbonyl (C=O) groups is 1. The van der Waals surface area contributed by atoms with Gasteiger partial charge >= 0.3 is 0 Å². The quantitative estimate of drug-likeness (QED) is 0.547. The molecule has 1 unspecified atom stereocenters. The van der Waals surface area contributed by atoms with Gasteiger partial charge in [-0.15, -0.1) is 10.2 Å². The van der Waals surface area contributed by atoms with Gasteiger partial charge in [-0.1, -0.05) is 6.07 Å². The van der Waals surface area contributed by atoms with Gasteiger partial charge in [0.15, 0.2) is 5.82 Å². The van der Waals surface area contributed by atoms with Crippen LogP contribution >= 0.6 is 0 Å². The highest BCUT2D eigenvalue weighted by atomic mass is 16.5. The van der Waals surface area contributed by atoms with Crippen LogP contribution in [0.4, 0.5) is 0 Å². The fourth-order valence-electron chi connectivity index (χ4n) is 4.22. The Labute approximate surface area is 199 Å². The van der Waals surface area contributed by atoms with Gasteiger partial charge in [-0.2, -0.15) is 0 Å². The van der Waals surface area contributed by atoms with E-state index < -0.39 is 0 Å². The predicted molar refractivity (Wildman–Crippen MR) is 127 cm³/mol. The van der Waals surface area contributed by atoms with E-state index in [1.54, 1.807) is 39.5 Å². The fourth-order valence-corrected chi connectivity index (χ4v) is 4.22. The largest absolute Gasteiger partial charge is 0.497 e. The molecule has 0 spiro atoms. The van der Waals surface area contributed by atoms with E-state index in [2.05, 4.69) is 25.0 Å². The zero-order valence-electron chi connectivity index (χ0n) is 20.1. The van der Waals surface area contributed by atoms with Crippen molar-refractivity contribution in [1.29, 1.82) is 0 Å². The molecule has 0 saturated carbocycles. The number of aromatic nitrogens is 3. The summed E-state index contributed by atoms with van der Waals surface area (Å²) < 4.78 is 18.3. The normalized spacial score (nSPS) is 14.6. The Morgan fingerprint density at radius 1 is 1.00 bits per heavy atom. The Balaban J connectivity index is 1.43. The molecule has 9 heteroatoms. The molecule has 1 aliphatic rings. The van der Waals surface area contributed by atoms with Crippen molar-refractivity contribution >= 4 is 5.91 Å². The Morgan fingerprint density at radius 3 is 2.56 bits per heavy atom. The van der Waals surface area contributed by atoms with Crippen LogP contribution in [0, 0.1) is 0 Å². The summed E-state index contributed by atoms with van der Waals surface area (Å²) in [5, 5.41) is 11.9. The number of methoxy groups -OCH3 is 3. The topological polar surface area (TPSA) is 90.7 Å². The average molecular weight is 466 g/mol. The van der Waals surface area contributed by atoms with E-state index in [1.807, 2.05) is 31.2 Å². The van der Waals surface area contributed by atoms with Crippen LogP contribution in [0.5, 0.6) is 17.2 Å². The molecule has 1 atom stereocenters. The van der Waals surface area contributed by atoms with Gasteiger partial charge in [0.2, 0.25) is 0 Å². The van der Waals surface area contributed by atoms with Gasteiger partial charge in [0, 0.05) is 43.7 Å². The number of nitrogens with zero attached hydrogens (tertiary/aromatic N) is 4. The third-order valence-electron chi connectivity index (χ3n) is 6.10. The van der Waals surface area contributed by atoms with Crippen LogP contribution in [-0.2, 0) is 19.5 Å². The van der Waals surface area contributed by atoms with Crippen molar-refractivity contribution in [3.63, 3.8) is 0 Å². The van der Waals surface area contributed by atoms with Crippen molar-refractivity contribution in [2.24, 2.45) is 0 Å². The maximum Gasteiger partial charge on any atom is 0.251 e. The Bertz CT molecular complexity index is 1150. The van der Waals surface area contributed by atoms with Crippen molar-refractivity contribution in [2.45, 2.75) is 32.5 Å². The van der Waals surface area contributed by atoms with E-state index in [9.17, 15) is 4.79 Å². The molecule has 1 N–H and O–H groups in total. The second-order valence-electron chi connectivity index (χ2n) is 8.26. The molecule has 180 valence electrons. The number of nitrogens with one attached hydrogen (secondary N) is 1. The van der Waals surface area contributed by atoms with Crippen LogP contribution in [-0.4, -0.2) is 60.0 Å². The van der Waals surface area contributed by atoms with E-state index in [0.29, 0.717) is 11.3 Å². The maximum atomic E-state index is 12.8. The summed E-state index contributed by atoms with van der Waals surface area (Å²) in [6.45, 7) is 5.09. The van der Waals surface area contributed by atoms with Crippen LogP contribution < -0.4 is 19.5 Å². The lowest BCUT2D eigenvalue weighted by Crippen LogP contribution is -2.30. The minimum atomic E-state index is -0.287. The van der Waals surface area contributed by atoms with E-state index in [-0.39, 0.29) is 11.9 Å². The number of amides is 1. The molecular formula is C25H31N5O4. The highest BCUT2D eigenvalue weighted by Gasteiger charge is 2.24. The third-order valence-corrected chi connectivity index (χ3v) is 6.10. The van der Waals surface area contributed by atoms with Crippen LogP contribution in [0.15, 0.2) is 42.5 Å². The number of fused-ring (bicyclic) bond motifs is 1. The molecule has 1 amide bonds. The molecule has 3 aromatic rings. The lowest BCUT2D eigenvalue weighted by atomic mass is 10.1. The minimum Gasteiger partial charge on any atom is -0.497 e. The van der Waals surface area contributed by atoms with E-state index in [1.165, 1.54) is 0 Å². The molecule has 0 aliphatic carbocycles. The number of ether oxygens (including phenoxy) is 3. The molecule has 0 saturated heterocycles. The van der Waals surface area contributed by atoms with Gasteiger partial charge in [-0.25, -0.2) is 0 Å². The van der Waals surface area contributed by atoms with Crippen molar-refractivity contribution in [3.8, 4) is 17.2 Å². The van der Waals surface area contributed by atoms with Crippen molar-refractivity contribution in [2.75, 3.05) is 34.4 Å². The van der Waals surface area contributed by atoms with Crippen LogP contribution in [0.3, 0.4) is 0 Å². The number of benzene rings is 2. The third kappa shape index (κ3) is 5.14. The van der Waals surface area contributed by atoms with Crippen molar-refractivity contribution in [1.82, 2.24) is 25.0 Å². The van der Waals surface area contributed by atoms with Crippen molar-refractivity contribution < 1.29 is 19.0 Å². The Morgan fingerprint density at radius 2 is 1.79 bits per heavy atom. The predicted octanol–water partition coefficient (Wildman–Crippen LogP) is 2.85. The molecule has 1 aliphatic heterocycles. The van der Waals surface area contributed by atoms with Gasteiger partial charge in [-0.3, -0.25) is 9.69 Å². The Hall–Kier alpha value is -3.59. The number of hydrogen-bond donors (Lipinski definition) is 1. The second kappa shape index (κ2) is 10.6. The molecule has 34 heavy (non-hydrogen) atoms. The van der Waals surface area contributed by atoms with Crippen LogP contribution in [0.1, 0.15) is 40.5 Å². The summed E-state index contributed by atoms with van der Waals surface area (Å²) in [6, 6.07) is 12.7. The number of carbonyl (C=O) groups excluding carboxylic acids is 1. The zero-order chi connectivity index (χ0) is 24.1. The average Bonchev–Trinajstić information content (AvgIpc) is 3.18. The first kappa shape index (κ1) is 23.6. The molecule has 2 heterocycles. The summed E-state index contributed by atoms with van der Waals surface area (Å²) in [7, 11) is 4.93. The molecule has 0 fully saturated rings. The zero-order valence-corrected chi connectivity index (χ0v) is 20.1. The molecule has 0 radical (unpaired) electrons. The SMILES string of the molecule is COc1cccc(C(=O)NC(C)c2nnc3n2CCN(Cc2cc(OC)ccc2OC)CC3)c1. The first-order valence-corrected chi connectivity index (χ1v) is 11.3. The van der Waals surface area contributed by atoms with Gasteiger partial charge in [0.05, 0.1) is 27.4 Å². The highest BCUT2D eigenvalue weighted by Crippen LogP contribution is 2.26. The summed E-state index contributed by atoms with van der Waals surface area (Å²) in [5.41, 5.74) is 1.62.